The van der Waals surface area contributed by atoms with E-state index < -0.39 is 289 Å². The van der Waals surface area contributed by atoms with E-state index in [2.05, 4.69) is 41.2 Å². The Morgan fingerprint density at radius 1 is 0.409 bits per heavy atom. The maximum Gasteiger partial charge on any atom is 0.311 e. The second-order valence-corrected chi connectivity index (χ2v) is 30.3. The molecule has 14 bridgehead atoms. The van der Waals surface area contributed by atoms with Crippen molar-refractivity contribution >= 4 is 72.2 Å². The third-order valence-electron chi connectivity index (χ3n) is 19.5. The van der Waals surface area contributed by atoms with E-state index in [0.29, 0.717) is 0 Å². The summed E-state index contributed by atoms with van der Waals surface area (Å²) in [5.41, 5.74) is 0. The van der Waals surface area contributed by atoms with Crippen LogP contribution < -0.4 is 16.0 Å². The molecule has 0 spiro atoms. The Labute approximate surface area is 649 Å². The monoisotopic (exact) mass is 1670 g/mol. The molecule has 21 rings (SSSR count). The minimum Gasteiger partial charge on any atom is -0.394 e. The Morgan fingerprint density at radius 3 is 1.10 bits per heavy atom. The van der Waals surface area contributed by atoms with Crippen molar-refractivity contribution in [1.82, 2.24) is 16.0 Å². The van der Waals surface area contributed by atoms with Gasteiger partial charge in [0.15, 0.2) is 43.8 Å². The summed E-state index contributed by atoms with van der Waals surface area (Å²) in [6, 6.07) is -0.917. The molecule has 0 aromatic rings. The molecular formula is C63H107N3O40S4. The molecule has 47 heteroatoms. The maximum atomic E-state index is 13.7. The van der Waals surface area contributed by atoms with Crippen LogP contribution in [-0.4, -0.2) is 460 Å². The number of amides is 2. The van der Waals surface area contributed by atoms with Gasteiger partial charge in [0, 0.05) is 66.9 Å². The van der Waals surface area contributed by atoms with Gasteiger partial charge in [-0.15, -0.1) is 0 Å². The van der Waals surface area contributed by atoms with Crippen molar-refractivity contribution in [2.24, 2.45) is 5.92 Å². The van der Waals surface area contributed by atoms with Gasteiger partial charge in [0.1, 0.15) is 164 Å². The number of aliphatic hydroxyl groups is 20. The summed E-state index contributed by atoms with van der Waals surface area (Å²) in [7, 11) is 1.47. The maximum absolute atomic E-state index is 13.7. The molecule has 0 aliphatic carbocycles. The highest BCUT2D eigenvalue weighted by Gasteiger charge is 2.63. The van der Waals surface area contributed by atoms with Gasteiger partial charge in [0.25, 0.3) is 0 Å². The number of carbonyl (C=O) groups excluding carboxylic acids is 4. The molecular weight excluding hydrogens is 1570 g/mol. The number of rotatable bonds is 31. The summed E-state index contributed by atoms with van der Waals surface area (Å²) in [6.45, 7) is -3.73. The summed E-state index contributed by atoms with van der Waals surface area (Å²) < 4.78 is 93.7. The van der Waals surface area contributed by atoms with E-state index in [1.165, 1.54) is 14.0 Å². The van der Waals surface area contributed by atoms with Crippen LogP contribution in [0.3, 0.4) is 0 Å². The number of nitrogens with one attached hydrogen (secondary N) is 3. The smallest absolute Gasteiger partial charge is 0.311 e. The van der Waals surface area contributed by atoms with E-state index in [1.807, 2.05) is 0 Å². The lowest BCUT2D eigenvalue weighted by Gasteiger charge is -2.52. The fraction of sp³-hybridized carbons (Fsp3) is 0.937. The highest BCUT2D eigenvalue weighted by molar-refractivity contribution is 7.99. The van der Waals surface area contributed by atoms with Gasteiger partial charge in [0.05, 0.1) is 83.6 Å². The van der Waals surface area contributed by atoms with Crippen LogP contribution in [0.5, 0.6) is 0 Å². The Hall–Kier alpha value is -1.80. The zero-order chi connectivity index (χ0) is 80.6. The third-order valence-corrected chi connectivity index (χ3v) is 22.3. The van der Waals surface area contributed by atoms with Gasteiger partial charge < -0.3 is 194 Å². The Balaban J connectivity index is 1.10. The molecule has 37 atom stereocenters. The van der Waals surface area contributed by atoms with Gasteiger partial charge in [0.2, 0.25) is 11.8 Å². The average molecular weight is 1670 g/mol. The predicted octanol–water partition coefficient (Wildman–Crippen LogP) is -13.8. The molecule has 2 amide bonds. The molecule has 21 fully saturated rings. The van der Waals surface area contributed by atoms with Crippen LogP contribution in [0.1, 0.15) is 26.2 Å². The number of hydrogen-bond donors (Lipinski definition) is 25. The first-order chi connectivity index (χ1) is 52.4. The highest BCUT2D eigenvalue weighted by Crippen LogP contribution is 2.42. The Bertz CT molecular complexity index is 2800. The van der Waals surface area contributed by atoms with Gasteiger partial charge in [-0.05, 0) is 14.0 Å². The summed E-state index contributed by atoms with van der Waals surface area (Å²) in [5.74, 6) is -6.79. The van der Waals surface area contributed by atoms with Crippen molar-refractivity contribution in [3.05, 3.63) is 0 Å². The molecule has 43 nitrogen and oxygen atoms in total. The van der Waals surface area contributed by atoms with Crippen molar-refractivity contribution in [1.29, 1.82) is 0 Å². The number of carbonyl (C=O) groups is 4. The summed E-state index contributed by atoms with van der Waals surface area (Å²) >= 11 is 10.1. The first-order valence-corrected chi connectivity index (χ1v) is 39.3. The van der Waals surface area contributed by atoms with Crippen molar-refractivity contribution in [3.63, 3.8) is 0 Å². The number of ether oxygens (including phenoxy) is 16. The SMILES string of the molecule is CNC(CSCC1O[C@H]2O[C@H]3C(CO)O[C@@H](O[C@H]4C(CO)O[C@@H](O[C@H]5C(CO)O[C@@H](O[C@H]6C(CSCC(CC(=O)CCOCCOCCC(C)=O)C(=O)NCCS)O[C@@H](O[C@H]7C(CO)O[C@@H](O[C@H]8C(CO)O[C@@](O)(O[C@@H]1[C@H](O)C2O)C(O)[C@H]8O)C(O)[C@H]7O)C(O)[C@H]6O)C(O)[C@H]5O)C(O)[C@H]4O)C(O)[C@H]3O)C(=O)NCCS. The molecule has 23 N–H and O–H groups in total. The third kappa shape index (κ3) is 23.2. The Kier molecular flexibility index (Phi) is 37.7. The second-order valence-electron chi connectivity index (χ2n) is 27.3. The van der Waals surface area contributed by atoms with Gasteiger partial charge in [-0.2, -0.15) is 48.8 Å². The van der Waals surface area contributed by atoms with Crippen molar-refractivity contribution in [3.8, 4) is 0 Å². The van der Waals surface area contributed by atoms with Crippen molar-refractivity contribution in [2.45, 2.75) is 247 Å². The molecule has 21 aliphatic rings. The summed E-state index contributed by atoms with van der Waals surface area (Å²) in [4.78, 5) is 51.3. The molecule has 0 saturated carbocycles. The molecule has 21 heterocycles. The lowest BCUT2D eigenvalue weighted by molar-refractivity contribution is -0.480. The van der Waals surface area contributed by atoms with Crippen LogP contribution in [0.25, 0.3) is 0 Å². The minimum absolute atomic E-state index is 0.0602. The molecule has 21 saturated heterocycles. The fourth-order valence-electron chi connectivity index (χ4n) is 13.3. The number of aliphatic hydroxyl groups excluding tert-OH is 19. The van der Waals surface area contributed by atoms with Crippen molar-refractivity contribution in [2.75, 3.05) is 114 Å². The Morgan fingerprint density at radius 2 is 0.736 bits per heavy atom. The van der Waals surface area contributed by atoms with E-state index in [1.54, 1.807) is 0 Å². The van der Waals surface area contributed by atoms with Crippen LogP contribution in [0.15, 0.2) is 0 Å². The second kappa shape index (κ2) is 44.3. The van der Waals surface area contributed by atoms with E-state index >= 15 is 0 Å². The first kappa shape index (κ1) is 93.7. The summed E-state index contributed by atoms with van der Waals surface area (Å²) in [6.07, 6.45) is -72.9. The molecule has 16 unspecified atom stereocenters. The van der Waals surface area contributed by atoms with Crippen LogP contribution in [0, 0.1) is 5.92 Å². The number of thiol groups is 2. The normalized spacial score (nSPS) is 43.4. The molecule has 0 radical (unpaired) electrons. The van der Waals surface area contributed by atoms with Crippen LogP contribution >= 0.6 is 48.8 Å². The standard InChI is InChI=1S/C63H107N3O40S4/c1-23(72)3-7-91-9-10-92-8-4-25(73)13-24(55(88)65-5-11-107)19-109-21-32-52-38(78)44(84)61(97-32)101-49-30(17-70)95-59(42(82)36(49)76)103-51-31(18-71)105-63(90,54(87)46(51)86)106-53-33(22-110-20-26(64-2)56(89)66-6-12-108)98-62(45(85)39(53)79)102-50-29(16-69)94-58(41(81)35(50)75)99-47-27(14-67)93-57(40(80)34(47)74)100-48-28(15-68)96-60(104-52)43(83)37(48)77/h24,26-54,57-62,64,67-71,74-87,90,107-108H,3-22H2,1-2H3,(H,65,88)(H,66,89)/t24?,26?,27?,28?,29?,30?,31?,32?,33?,34-,35-,36-,37-,38-,39-,40?,41?,42?,43?,44?,45?,46+,47+,48+,49+,50+,51+,52+,53+,54?,57+,58+,59+,60+,61+,62+,63-/m1/s1. The molecule has 638 valence electrons. The predicted molar refractivity (Wildman–Crippen MR) is 371 cm³/mol. The minimum atomic E-state index is -3.56. The van der Waals surface area contributed by atoms with Gasteiger partial charge in [-0.1, -0.05) is 0 Å². The number of hydrogen-bond acceptors (Lipinski definition) is 45. The number of thioether (sulfide) groups is 2. The van der Waals surface area contributed by atoms with Gasteiger partial charge in [-0.25, -0.2) is 0 Å². The van der Waals surface area contributed by atoms with E-state index in [4.69, 9.17) is 75.8 Å². The zero-order valence-electron chi connectivity index (χ0n) is 59.7. The quantitative estimate of drug-likeness (QED) is 0.0226. The number of likely N-dealkylation sites (N-methyl/N-ethyl adjacent to an activating group) is 1. The molecule has 0 aromatic carbocycles. The number of ketones is 2. The molecule has 110 heavy (non-hydrogen) atoms. The fourth-order valence-corrected chi connectivity index (χ4v) is 15.9. The van der Waals surface area contributed by atoms with Crippen LogP contribution in [0.2, 0.25) is 0 Å². The number of Topliss-reactive ketones (excluding diaryl/α,β-unsaturated/α-hetero) is 2. The van der Waals surface area contributed by atoms with Gasteiger partial charge in [-0.3, -0.25) is 19.2 Å². The first-order valence-electron chi connectivity index (χ1n) is 35.7. The molecule has 0 aromatic heterocycles. The lowest BCUT2D eigenvalue weighted by Crippen LogP contribution is -2.71. The highest BCUT2D eigenvalue weighted by atomic mass is 32.2. The van der Waals surface area contributed by atoms with E-state index in [9.17, 15) is 121 Å². The van der Waals surface area contributed by atoms with Crippen molar-refractivity contribution < 1.29 is 197 Å². The average Bonchev–Trinajstić information content (AvgIpc) is 0.752. The van der Waals surface area contributed by atoms with Crippen LogP contribution in [-0.2, 0) is 95.0 Å². The lowest BCUT2D eigenvalue weighted by atomic mass is 9.94. The largest absolute Gasteiger partial charge is 0.394 e. The molecule has 21 aliphatic heterocycles. The van der Waals surface area contributed by atoms with Gasteiger partial charge >= 0.3 is 5.97 Å². The van der Waals surface area contributed by atoms with E-state index in [-0.39, 0.29) is 87.6 Å². The summed E-state index contributed by atoms with van der Waals surface area (Å²) in [5, 5.41) is 239. The topological polar surface area (TPSA) is 657 Å². The zero-order valence-corrected chi connectivity index (χ0v) is 63.2. The van der Waals surface area contributed by atoms with E-state index in [0.717, 1.165) is 23.5 Å². The van der Waals surface area contributed by atoms with Crippen LogP contribution in [0.4, 0.5) is 0 Å².